The fourth-order valence-corrected chi connectivity index (χ4v) is 3.44. The van der Waals surface area contributed by atoms with Crippen LogP contribution in [-0.4, -0.2) is 23.7 Å². The van der Waals surface area contributed by atoms with Crippen molar-refractivity contribution in [2.75, 3.05) is 6.54 Å². The Balaban J connectivity index is 1.70. The van der Waals surface area contributed by atoms with Crippen molar-refractivity contribution >= 4 is 5.97 Å². The molecule has 0 bridgehead atoms. The molecule has 0 aromatic rings. The van der Waals surface area contributed by atoms with E-state index in [1.807, 2.05) is 0 Å². The molecule has 4 unspecified atom stereocenters. The van der Waals surface area contributed by atoms with Crippen molar-refractivity contribution in [2.45, 2.75) is 57.9 Å². The molecule has 17 heavy (non-hydrogen) atoms. The second-order valence-corrected chi connectivity index (χ2v) is 6.09. The first-order valence-electron chi connectivity index (χ1n) is 7.11. The first kappa shape index (κ1) is 12.9. The molecule has 2 aliphatic carbocycles. The van der Waals surface area contributed by atoms with Gasteiger partial charge in [0.15, 0.2) is 0 Å². The molecule has 3 nitrogen and oxygen atoms in total. The van der Waals surface area contributed by atoms with E-state index >= 15 is 0 Å². The van der Waals surface area contributed by atoms with Gasteiger partial charge in [-0.05, 0) is 50.5 Å². The highest BCUT2D eigenvalue weighted by molar-refractivity contribution is 5.70. The molecule has 0 saturated heterocycles. The van der Waals surface area contributed by atoms with Gasteiger partial charge in [-0.3, -0.25) is 4.79 Å². The van der Waals surface area contributed by atoms with Crippen LogP contribution < -0.4 is 5.32 Å². The van der Waals surface area contributed by atoms with Crippen LogP contribution in [0.1, 0.15) is 51.9 Å². The lowest BCUT2D eigenvalue weighted by Crippen LogP contribution is -2.38. The molecule has 2 rings (SSSR count). The molecule has 2 fully saturated rings. The second-order valence-electron chi connectivity index (χ2n) is 6.09. The van der Waals surface area contributed by atoms with Crippen molar-refractivity contribution in [3.05, 3.63) is 0 Å². The summed E-state index contributed by atoms with van der Waals surface area (Å²) < 4.78 is 0. The second kappa shape index (κ2) is 5.85. The van der Waals surface area contributed by atoms with E-state index in [0.29, 0.717) is 6.04 Å². The predicted molar refractivity (Wildman–Crippen MR) is 67.9 cm³/mol. The number of aliphatic carboxylic acids is 1. The summed E-state index contributed by atoms with van der Waals surface area (Å²) in [4.78, 5) is 11.0. The summed E-state index contributed by atoms with van der Waals surface area (Å²) >= 11 is 0. The first-order chi connectivity index (χ1) is 8.15. The van der Waals surface area contributed by atoms with Gasteiger partial charge >= 0.3 is 5.97 Å². The largest absolute Gasteiger partial charge is 0.481 e. The van der Waals surface area contributed by atoms with Crippen molar-refractivity contribution in [3.8, 4) is 0 Å². The molecular formula is C14H25NO2. The SMILES string of the molecule is CC1CCC(CNC2CCCC(C(=O)O)C2)C1. The minimum Gasteiger partial charge on any atom is -0.481 e. The Bertz CT molecular complexity index is 267. The van der Waals surface area contributed by atoms with E-state index in [1.54, 1.807) is 0 Å². The average Bonchev–Trinajstić information content (AvgIpc) is 2.73. The highest BCUT2D eigenvalue weighted by atomic mass is 16.4. The van der Waals surface area contributed by atoms with E-state index in [9.17, 15) is 4.79 Å². The van der Waals surface area contributed by atoms with E-state index < -0.39 is 5.97 Å². The van der Waals surface area contributed by atoms with Crippen LogP contribution in [-0.2, 0) is 4.79 Å². The van der Waals surface area contributed by atoms with Gasteiger partial charge in [-0.1, -0.05) is 19.8 Å². The van der Waals surface area contributed by atoms with E-state index in [0.717, 1.165) is 44.1 Å². The van der Waals surface area contributed by atoms with Crippen LogP contribution in [0, 0.1) is 17.8 Å². The molecule has 0 amide bonds. The topological polar surface area (TPSA) is 49.3 Å². The molecule has 0 aliphatic heterocycles. The third-order valence-corrected chi connectivity index (χ3v) is 4.52. The number of carbonyl (C=O) groups is 1. The number of rotatable bonds is 4. The zero-order valence-corrected chi connectivity index (χ0v) is 10.8. The third-order valence-electron chi connectivity index (χ3n) is 4.52. The maximum Gasteiger partial charge on any atom is 0.306 e. The molecule has 0 spiro atoms. The molecule has 0 heterocycles. The molecule has 2 aliphatic rings. The van der Waals surface area contributed by atoms with Crippen LogP contribution in [0.3, 0.4) is 0 Å². The Morgan fingerprint density at radius 2 is 2.06 bits per heavy atom. The summed E-state index contributed by atoms with van der Waals surface area (Å²) in [7, 11) is 0. The Labute approximate surface area is 104 Å². The van der Waals surface area contributed by atoms with Gasteiger partial charge in [0.05, 0.1) is 5.92 Å². The summed E-state index contributed by atoms with van der Waals surface area (Å²) in [5.41, 5.74) is 0. The van der Waals surface area contributed by atoms with E-state index in [4.69, 9.17) is 5.11 Å². The summed E-state index contributed by atoms with van der Waals surface area (Å²) in [6.45, 7) is 3.43. The van der Waals surface area contributed by atoms with Crippen molar-refractivity contribution in [3.63, 3.8) is 0 Å². The lowest BCUT2D eigenvalue weighted by Gasteiger charge is -2.28. The Kier molecular flexibility index (Phi) is 4.43. The Hall–Kier alpha value is -0.570. The number of hydrogen-bond donors (Lipinski definition) is 2. The van der Waals surface area contributed by atoms with Crippen LogP contribution in [0.4, 0.5) is 0 Å². The molecule has 3 heteroatoms. The van der Waals surface area contributed by atoms with Gasteiger partial charge in [0.1, 0.15) is 0 Å². The smallest absolute Gasteiger partial charge is 0.306 e. The Morgan fingerprint density at radius 1 is 1.24 bits per heavy atom. The lowest BCUT2D eigenvalue weighted by molar-refractivity contribution is -0.143. The zero-order chi connectivity index (χ0) is 12.3. The van der Waals surface area contributed by atoms with Gasteiger partial charge in [-0.25, -0.2) is 0 Å². The highest BCUT2D eigenvalue weighted by Gasteiger charge is 2.28. The Morgan fingerprint density at radius 3 is 2.71 bits per heavy atom. The lowest BCUT2D eigenvalue weighted by atomic mass is 9.85. The average molecular weight is 239 g/mol. The minimum atomic E-state index is -0.606. The number of carboxylic acids is 1. The predicted octanol–water partition coefficient (Wildman–Crippen LogP) is 2.66. The fourth-order valence-electron chi connectivity index (χ4n) is 3.44. The van der Waals surface area contributed by atoms with E-state index in [2.05, 4.69) is 12.2 Å². The summed E-state index contributed by atoms with van der Waals surface area (Å²) in [6, 6.07) is 0.445. The molecule has 4 atom stereocenters. The molecule has 0 aromatic carbocycles. The fraction of sp³-hybridized carbons (Fsp3) is 0.929. The zero-order valence-electron chi connectivity index (χ0n) is 10.8. The summed E-state index contributed by atoms with van der Waals surface area (Å²) in [5.74, 6) is 1.00. The quantitative estimate of drug-likeness (QED) is 0.793. The van der Waals surface area contributed by atoms with Gasteiger partial charge < -0.3 is 10.4 Å². The molecule has 2 saturated carbocycles. The van der Waals surface area contributed by atoms with Crippen LogP contribution >= 0.6 is 0 Å². The highest BCUT2D eigenvalue weighted by Crippen LogP contribution is 2.30. The molecule has 0 radical (unpaired) electrons. The van der Waals surface area contributed by atoms with Gasteiger partial charge in [0.25, 0.3) is 0 Å². The maximum atomic E-state index is 11.0. The van der Waals surface area contributed by atoms with Crippen molar-refractivity contribution in [1.29, 1.82) is 0 Å². The van der Waals surface area contributed by atoms with Gasteiger partial charge in [0.2, 0.25) is 0 Å². The monoisotopic (exact) mass is 239 g/mol. The van der Waals surface area contributed by atoms with Crippen molar-refractivity contribution in [1.82, 2.24) is 5.32 Å². The van der Waals surface area contributed by atoms with Crippen LogP contribution in [0.5, 0.6) is 0 Å². The van der Waals surface area contributed by atoms with E-state index in [1.165, 1.54) is 19.3 Å². The maximum absolute atomic E-state index is 11.0. The standard InChI is InChI=1S/C14H25NO2/c1-10-5-6-11(7-10)9-15-13-4-2-3-12(8-13)14(16)17/h10-13,15H,2-9H2,1H3,(H,16,17). The summed E-state index contributed by atoms with van der Waals surface area (Å²) in [5, 5.41) is 12.6. The van der Waals surface area contributed by atoms with E-state index in [-0.39, 0.29) is 5.92 Å². The number of carboxylic acid groups (broad SMARTS) is 1. The normalized spacial score (nSPS) is 38.2. The van der Waals surface area contributed by atoms with Crippen LogP contribution in [0.15, 0.2) is 0 Å². The molecule has 2 N–H and O–H groups in total. The molecular weight excluding hydrogens is 214 g/mol. The van der Waals surface area contributed by atoms with Gasteiger partial charge in [0, 0.05) is 6.04 Å². The number of hydrogen-bond acceptors (Lipinski definition) is 2. The van der Waals surface area contributed by atoms with Crippen molar-refractivity contribution < 1.29 is 9.90 Å². The van der Waals surface area contributed by atoms with Gasteiger partial charge in [-0.2, -0.15) is 0 Å². The van der Waals surface area contributed by atoms with Gasteiger partial charge in [-0.15, -0.1) is 0 Å². The molecule has 98 valence electrons. The van der Waals surface area contributed by atoms with Crippen LogP contribution in [0.2, 0.25) is 0 Å². The third kappa shape index (κ3) is 3.70. The minimum absolute atomic E-state index is 0.108. The van der Waals surface area contributed by atoms with Crippen LogP contribution in [0.25, 0.3) is 0 Å². The van der Waals surface area contributed by atoms with Crippen molar-refractivity contribution in [2.24, 2.45) is 17.8 Å². The first-order valence-corrected chi connectivity index (χ1v) is 7.11. The summed E-state index contributed by atoms with van der Waals surface area (Å²) in [6.07, 6.45) is 7.99. The number of nitrogens with one attached hydrogen (secondary N) is 1. The molecule has 0 aromatic heterocycles.